The number of nitrogens with zero attached hydrogens (tertiary/aromatic N) is 2. The molecule has 2 nitrogen and oxygen atoms in total. The minimum Gasteiger partial charge on any atom is -0.310 e. The van der Waals surface area contributed by atoms with Crippen LogP contribution in [-0.2, 0) is 5.41 Å². The Morgan fingerprint density at radius 2 is 1.09 bits per heavy atom. The van der Waals surface area contributed by atoms with E-state index in [9.17, 15) is 0 Å². The average Bonchev–Trinajstić information content (AvgIpc) is 3.77. The number of allylic oxidation sites excluding steroid dienone is 4. The van der Waals surface area contributed by atoms with Gasteiger partial charge in [0.15, 0.2) is 0 Å². The van der Waals surface area contributed by atoms with Gasteiger partial charge in [-0.15, -0.1) is 0 Å². The fourth-order valence-corrected chi connectivity index (χ4v) is 9.36. The number of rotatable bonds is 8. The van der Waals surface area contributed by atoms with Gasteiger partial charge in [-0.2, -0.15) is 0 Å². The lowest BCUT2D eigenvalue weighted by Crippen LogP contribution is -2.29. The normalized spacial score (nSPS) is 14.9. The van der Waals surface area contributed by atoms with Gasteiger partial charge in [0.05, 0.1) is 16.4 Å². The molecule has 1 unspecified atom stereocenters. The summed E-state index contributed by atoms with van der Waals surface area (Å²) >= 11 is 0. The van der Waals surface area contributed by atoms with Gasteiger partial charge in [0.2, 0.25) is 0 Å². The summed E-state index contributed by atoms with van der Waals surface area (Å²) in [4.78, 5) is 2.45. The number of anilines is 3. The van der Waals surface area contributed by atoms with E-state index >= 15 is 0 Å². The second-order valence-corrected chi connectivity index (χ2v) is 14.8. The first-order chi connectivity index (χ1) is 28.2. The number of hydrogen-bond acceptors (Lipinski definition) is 1. The van der Waals surface area contributed by atoms with E-state index in [0.29, 0.717) is 0 Å². The second kappa shape index (κ2) is 14.2. The van der Waals surface area contributed by atoms with E-state index < -0.39 is 5.41 Å². The summed E-state index contributed by atoms with van der Waals surface area (Å²) in [7, 11) is 0. The molecule has 1 heterocycles. The van der Waals surface area contributed by atoms with Crippen molar-refractivity contribution in [1.29, 1.82) is 0 Å². The molecule has 0 bridgehead atoms. The molecule has 57 heavy (non-hydrogen) atoms. The van der Waals surface area contributed by atoms with Gasteiger partial charge in [0, 0.05) is 33.5 Å². The zero-order valence-electron chi connectivity index (χ0n) is 32.2. The van der Waals surface area contributed by atoms with Crippen LogP contribution in [0.25, 0.3) is 49.7 Å². The van der Waals surface area contributed by atoms with Crippen molar-refractivity contribution in [2.24, 2.45) is 0 Å². The third-order valence-corrected chi connectivity index (χ3v) is 11.7. The molecule has 0 saturated carbocycles. The van der Waals surface area contributed by atoms with Crippen molar-refractivity contribution in [3.8, 4) is 27.9 Å². The molecule has 1 aliphatic rings. The SMILES string of the molecule is C/C=C\C(=C/C)C1(c2ccccc2)c2ccccc2-c2ccc(N(c3cccc(-c4ccccc4)c3)c3ccc4c(c3)c3ccccc3n4-c3ccccc3)cc21. The van der Waals surface area contributed by atoms with Crippen LogP contribution in [0.5, 0.6) is 0 Å². The Kier molecular flexibility index (Phi) is 8.53. The van der Waals surface area contributed by atoms with Crippen LogP contribution in [0.2, 0.25) is 0 Å². The smallest absolute Gasteiger partial charge is 0.0711 e. The highest BCUT2D eigenvalue weighted by Crippen LogP contribution is 2.58. The molecule has 1 aliphatic carbocycles. The van der Waals surface area contributed by atoms with Gasteiger partial charge >= 0.3 is 0 Å². The lowest BCUT2D eigenvalue weighted by atomic mass is 9.67. The summed E-state index contributed by atoms with van der Waals surface area (Å²) in [6, 6.07) is 73.2. The first-order valence-electron chi connectivity index (χ1n) is 19.8. The van der Waals surface area contributed by atoms with E-state index in [4.69, 9.17) is 0 Å². The van der Waals surface area contributed by atoms with E-state index in [0.717, 1.165) is 22.7 Å². The van der Waals surface area contributed by atoms with Crippen LogP contribution in [0.3, 0.4) is 0 Å². The van der Waals surface area contributed by atoms with Gasteiger partial charge in [-0.05, 0) is 119 Å². The van der Waals surface area contributed by atoms with Crippen LogP contribution in [0.1, 0.15) is 30.5 Å². The maximum absolute atomic E-state index is 2.46. The molecule has 0 saturated heterocycles. The fourth-order valence-electron chi connectivity index (χ4n) is 9.36. The van der Waals surface area contributed by atoms with Crippen LogP contribution >= 0.6 is 0 Å². The predicted molar refractivity (Wildman–Crippen MR) is 241 cm³/mol. The summed E-state index contributed by atoms with van der Waals surface area (Å²) in [5.74, 6) is 0. The second-order valence-electron chi connectivity index (χ2n) is 14.8. The van der Waals surface area contributed by atoms with Crippen LogP contribution < -0.4 is 4.90 Å². The fraction of sp³-hybridized carbons (Fsp3) is 0.0545. The zero-order chi connectivity index (χ0) is 38.3. The third kappa shape index (κ3) is 5.48. The van der Waals surface area contributed by atoms with Crippen LogP contribution in [-0.4, -0.2) is 4.57 Å². The average molecular weight is 731 g/mol. The van der Waals surface area contributed by atoms with Gasteiger partial charge in [-0.25, -0.2) is 0 Å². The molecule has 8 aromatic carbocycles. The van der Waals surface area contributed by atoms with Crippen molar-refractivity contribution in [3.63, 3.8) is 0 Å². The molecule has 0 aliphatic heterocycles. The highest BCUT2D eigenvalue weighted by Gasteiger charge is 2.46. The Hall–Kier alpha value is -7.16. The van der Waals surface area contributed by atoms with Gasteiger partial charge in [-0.3, -0.25) is 0 Å². The maximum atomic E-state index is 2.46. The van der Waals surface area contributed by atoms with Crippen LogP contribution in [0, 0.1) is 0 Å². The maximum Gasteiger partial charge on any atom is 0.0711 e. The van der Waals surface area contributed by atoms with Crippen molar-refractivity contribution in [1.82, 2.24) is 4.57 Å². The quantitative estimate of drug-likeness (QED) is 0.141. The summed E-state index contributed by atoms with van der Waals surface area (Å²) in [5, 5.41) is 2.44. The monoisotopic (exact) mass is 730 g/mol. The predicted octanol–water partition coefficient (Wildman–Crippen LogP) is 14.8. The molecule has 0 radical (unpaired) electrons. The van der Waals surface area contributed by atoms with Gasteiger partial charge in [0.1, 0.15) is 0 Å². The Bertz CT molecular complexity index is 2970. The molecule has 9 aromatic rings. The molecule has 0 N–H and O–H groups in total. The molecular formula is C55H42N2. The van der Waals surface area contributed by atoms with Crippen molar-refractivity contribution in [3.05, 3.63) is 241 Å². The van der Waals surface area contributed by atoms with Crippen molar-refractivity contribution in [2.45, 2.75) is 19.3 Å². The van der Waals surface area contributed by atoms with E-state index in [1.165, 1.54) is 66.3 Å². The largest absolute Gasteiger partial charge is 0.310 e. The summed E-state index contributed by atoms with van der Waals surface area (Å²) in [6.45, 7) is 4.29. The number of benzene rings is 8. The van der Waals surface area contributed by atoms with Crippen molar-refractivity contribution < 1.29 is 0 Å². The lowest BCUT2D eigenvalue weighted by molar-refractivity contribution is 0.765. The van der Waals surface area contributed by atoms with Gasteiger partial charge in [0.25, 0.3) is 0 Å². The molecule has 0 fully saturated rings. The van der Waals surface area contributed by atoms with Crippen molar-refractivity contribution >= 4 is 38.9 Å². The molecule has 10 rings (SSSR count). The zero-order valence-corrected chi connectivity index (χ0v) is 32.2. The Morgan fingerprint density at radius 1 is 0.474 bits per heavy atom. The first-order valence-corrected chi connectivity index (χ1v) is 19.8. The number of hydrogen-bond donors (Lipinski definition) is 0. The lowest BCUT2D eigenvalue weighted by Gasteiger charge is -2.35. The van der Waals surface area contributed by atoms with Gasteiger partial charge < -0.3 is 9.47 Å². The Balaban J connectivity index is 1.25. The molecule has 1 aromatic heterocycles. The molecule has 2 heteroatoms. The van der Waals surface area contributed by atoms with E-state index in [2.05, 4.69) is 242 Å². The minimum absolute atomic E-state index is 0.505. The van der Waals surface area contributed by atoms with E-state index in [1.54, 1.807) is 0 Å². The number of fused-ring (bicyclic) bond motifs is 6. The topological polar surface area (TPSA) is 8.17 Å². The Labute approximate surface area is 334 Å². The number of aromatic nitrogens is 1. The van der Waals surface area contributed by atoms with Crippen LogP contribution in [0.4, 0.5) is 17.1 Å². The third-order valence-electron chi connectivity index (χ3n) is 11.7. The summed E-state index contributed by atoms with van der Waals surface area (Å²) < 4.78 is 2.38. The van der Waals surface area contributed by atoms with E-state index in [1.807, 2.05) is 0 Å². The Morgan fingerprint density at radius 3 is 1.88 bits per heavy atom. The summed E-state index contributed by atoms with van der Waals surface area (Å²) in [6.07, 6.45) is 6.76. The van der Waals surface area contributed by atoms with Gasteiger partial charge in [-0.1, -0.05) is 158 Å². The standard InChI is InChI=1S/C55H42N2/c1-3-19-41(4-2)55(42-23-10-6-11-24-42)51-30-16-14-28-47(51)48-34-32-46(38-52(48)55)56(44-27-18-22-40(36-44)39-20-8-5-9-21-39)45-33-35-54-50(37-45)49-29-15-17-31-53(49)57(54)43-25-12-7-13-26-43/h3-38H,1-2H3/b19-3-,41-4+. The molecule has 272 valence electrons. The molecular weight excluding hydrogens is 689 g/mol. The minimum atomic E-state index is -0.505. The van der Waals surface area contributed by atoms with E-state index in [-0.39, 0.29) is 0 Å². The first kappa shape index (κ1) is 34.3. The molecule has 1 atom stereocenters. The molecule has 0 spiro atoms. The number of para-hydroxylation sites is 2. The highest BCUT2D eigenvalue weighted by atomic mass is 15.1. The highest BCUT2D eigenvalue weighted by molar-refractivity contribution is 6.10. The van der Waals surface area contributed by atoms with Crippen molar-refractivity contribution in [2.75, 3.05) is 4.90 Å². The molecule has 0 amide bonds. The van der Waals surface area contributed by atoms with Crippen LogP contribution in [0.15, 0.2) is 224 Å². The summed E-state index contributed by atoms with van der Waals surface area (Å²) in [5.41, 5.74) is 16.3.